The maximum absolute atomic E-state index is 13.2. The Balaban J connectivity index is 1.78. The summed E-state index contributed by atoms with van der Waals surface area (Å²) in [5.74, 6) is -0.978. The molecule has 162 valence electrons. The van der Waals surface area contributed by atoms with E-state index in [4.69, 9.17) is 16.3 Å². The fraction of sp³-hybridized carbons (Fsp3) is 0. The molecular formula is C24H14ClFN4O3. The molecule has 0 spiro atoms. The monoisotopic (exact) mass is 460 g/mol. The number of nitrogens with zero attached hydrogens (tertiary/aromatic N) is 3. The topological polar surface area (TPSA) is 96.5 Å². The highest BCUT2D eigenvalue weighted by Crippen LogP contribution is 2.25. The first-order chi connectivity index (χ1) is 15.9. The summed E-state index contributed by atoms with van der Waals surface area (Å²) in [5.41, 5.74) is -0.396. The van der Waals surface area contributed by atoms with Crippen LogP contribution in [0.5, 0.6) is 11.6 Å². The number of aromatic nitrogens is 2. The van der Waals surface area contributed by atoms with Crippen LogP contribution in [0, 0.1) is 17.1 Å². The van der Waals surface area contributed by atoms with Crippen molar-refractivity contribution in [2.45, 2.75) is 0 Å². The molecule has 0 aliphatic heterocycles. The Bertz CT molecular complexity index is 1470. The molecule has 0 bridgehead atoms. The molecule has 0 aliphatic rings. The Hall–Kier alpha value is -4.48. The molecule has 4 aromatic rings. The Morgan fingerprint density at radius 2 is 1.85 bits per heavy atom. The average Bonchev–Trinajstić information content (AvgIpc) is 2.82. The molecule has 0 atom stereocenters. The number of hydrogen-bond donors (Lipinski definition) is 1. The fourth-order valence-corrected chi connectivity index (χ4v) is 3.05. The highest BCUT2D eigenvalue weighted by molar-refractivity contribution is 6.30. The number of ether oxygens (including phenoxy) is 1. The van der Waals surface area contributed by atoms with Gasteiger partial charge in [0.05, 0.1) is 0 Å². The van der Waals surface area contributed by atoms with Crippen molar-refractivity contribution in [1.82, 2.24) is 9.38 Å². The van der Waals surface area contributed by atoms with Crippen LogP contribution in [0.2, 0.25) is 5.02 Å². The highest BCUT2D eigenvalue weighted by Gasteiger charge is 2.17. The minimum atomic E-state index is -0.779. The maximum atomic E-state index is 13.2. The number of hydrogen-bond acceptors (Lipinski definition) is 5. The van der Waals surface area contributed by atoms with Gasteiger partial charge in [-0.1, -0.05) is 17.7 Å². The van der Waals surface area contributed by atoms with E-state index in [0.29, 0.717) is 16.4 Å². The molecule has 0 saturated heterocycles. The van der Waals surface area contributed by atoms with E-state index >= 15 is 0 Å². The number of amides is 1. The number of carbonyl (C=O) groups is 1. The predicted octanol–water partition coefficient (Wildman–Crippen LogP) is 4.82. The molecule has 2 aromatic heterocycles. The van der Waals surface area contributed by atoms with Crippen LogP contribution in [0.4, 0.5) is 10.1 Å². The Morgan fingerprint density at radius 3 is 2.55 bits per heavy atom. The lowest BCUT2D eigenvalue weighted by Gasteiger charge is -2.10. The summed E-state index contributed by atoms with van der Waals surface area (Å²) in [4.78, 5) is 30.2. The van der Waals surface area contributed by atoms with E-state index in [1.165, 1.54) is 34.9 Å². The van der Waals surface area contributed by atoms with Crippen molar-refractivity contribution in [1.29, 1.82) is 5.26 Å². The number of nitrogens with one attached hydrogen (secondary N) is 1. The number of nitriles is 1. The van der Waals surface area contributed by atoms with Crippen molar-refractivity contribution in [3.05, 3.63) is 105 Å². The Kier molecular flexibility index (Phi) is 6.15. The number of benzene rings is 2. The van der Waals surface area contributed by atoms with Crippen LogP contribution in [0.25, 0.3) is 11.7 Å². The molecule has 1 amide bonds. The van der Waals surface area contributed by atoms with Crippen LogP contribution in [0.3, 0.4) is 0 Å². The number of anilines is 1. The molecule has 0 radical (unpaired) electrons. The molecule has 33 heavy (non-hydrogen) atoms. The Morgan fingerprint density at radius 1 is 1.12 bits per heavy atom. The van der Waals surface area contributed by atoms with Crippen LogP contribution in [0.15, 0.2) is 83.3 Å². The van der Waals surface area contributed by atoms with Crippen molar-refractivity contribution >= 4 is 34.9 Å². The minimum Gasteiger partial charge on any atom is -0.438 e. The molecule has 7 nitrogen and oxygen atoms in total. The predicted molar refractivity (Wildman–Crippen MR) is 122 cm³/mol. The van der Waals surface area contributed by atoms with E-state index < -0.39 is 17.3 Å². The molecule has 4 rings (SSSR count). The van der Waals surface area contributed by atoms with Crippen molar-refractivity contribution in [3.8, 4) is 17.7 Å². The third-order valence-electron chi connectivity index (χ3n) is 4.52. The SMILES string of the molecule is N#C/C(=C/c1c(Oc2ccc(Cl)cc2)nc2ccccn2c1=O)C(=O)Nc1ccc(F)cc1. The van der Waals surface area contributed by atoms with Crippen LogP contribution >= 0.6 is 11.6 Å². The first-order valence-electron chi connectivity index (χ1n) is 9.58. The molecule has 0 aliphatic carbocycles. The van der Waals surface area contributed by atoms with E-state index in [1.807, 2.05) is 0 Å². The Labute approximate surface area is 192 Å². The van der Waals surface area contributed by atoms with Crippen LogP contribution < -0.4 is 15.6 Å². The van der Waals surface area contributed by atoms with Gasteiger partial charge in [0.25, 0.3) is 11.5 Å². The summed E-state index contributed by atoms with van der Waals surface area (Å²) in [6, 6.07) is 18.2. The summed E-state index contributed by atoms with van der Waals surface area (Å²) in [5, 5.41) is 12.6. The zero-order valence-electron chi connectivity index (χ0n) is 16.8. The van der Waals surface area contributed by atoms with E-state index in [0.717, 1.165) is 6.08 Å². The second kappa shape index (κ2) is 9.34. The number of carbonyl (C=O) groups excluding carboxylic acids is 1. The lowest BCUT2D eigenvalue weighted by atomic mass is 10.1. The van der Waals surface area contributed by atoms with Gasteiger partial charge in [-0.2, -0.15) is 10.2 Å². The molecule has 2 heterocycles. The van der Waals surface area contributed by atoms with Gasteiger partial charge in [0.2, 0.25) is 5.88 Å². The maximum Gasteiger partial charge on any atom is 0.269 e. The summed E-state index contributed by atoms with van der Waals surface area (Å²) in [6.45, 7) is 0. The van der Waals surface area contributed by atoms with Gasteiger partial charge in [-0.15, -0.1) is 0 Å². The van der Waals surface area contributed by atoms with Gasteiger partial charge >= 0.3 is 0 Å². The van der Waals surface area contributed by atoms with Gasteiger partial charge in [0.1, 0.15) is 34.4 Å². The first-order valence-corrected chi connectivity index (χ1v) is 9.96. The zero-order chi connectivity index (χ0) is 23.4. The quantitative estimate of drug-likeness (QED) is 0.340. The van der Waals surface area contributed by atoms with Crippen LogP contribution in [0.1, 0.15) is 5.56 Å². The van der Waals surface area contributed by atoms with E-state index in [-0.39, 0.29) is 22.7 Å². The molecular weight excluding hydrogens is 447 g/mol. The van der Waals surface area contributed by atoms with Gasteiger partial charge in [-0.25, -0.2) is 4.39 Å². The molecule has 0 saturated carbocycles. The molecule has 0 unspecified atom stereocenters. The van der Waals surface area contributed by atoms with Crippen LogP contribution in [-0.2, 0) is 4.79 Å². The van der Waals surface area contributed by atoms with Gasteiger partial charge in [-0.05, 0) is 66.7 Å². The smallest absolute Gasteiger partial charge is 0.269 e. The fourth-order valence-electron chi connectivity index (χ4n) is 2.92. The summed E-state index contributed by atoms with van der Waals surface area (Å²) in [7, 11) is 0. The average molecular weight is 461 g/mol. The second-order valence-electron chi connectivity index (χ2n) is 6.75. The summed E-state index contributed by atoms with van der Waals surface area (Å²) < 4.78 is 20.2. The normalized spacial score (nSPS) is 11.1. The van der Waals surface area contributed by atoms with Gasteiger partial charge < -0.3 is 10.1 Å². The van der Waals surface area contributed by atoms with E-state index in [9.17, 15) is 19.2 Å². The third-order valence-corrected chi connectivity index (χ3v) is 4.77. The number of halogens is 2. The first kappa shape index (κ1) is 21.7. The van der Waals surface area contributed by atoms with E-state index in [1.54, 1.807) is 48.5 Å². The minimum absolute atomic E-state index is 0.0872. The molecule has 0 fully saturated rings. The molecule has 2 aromatic carbocycles. The van der Waals surface area contributed by atoms with Gasteiger partial charge in [0, 0.05) is 16.9 Å². The van der Waals surface area contributed by atoms with Gasteiger partial charge in [0.15, 0.2) is 0 Å². The largest absolute Gasteiger partial charge is 0.438 e. The highest BCUT2D eigenvalue weighted by atomic mass is 35.5. The van der Waals surface area contributed by atoms with Crippen LogP contribution in [-0.4, -0.2) is 15.3 Å². The second-order valence-corrected chi connectivity index (χ2v) is 7.19. The zero-order valence-corrected chi connectivity index (χ0v) is 17.6. The summed E-state index contributed by atoms with van der Waals surface area (Å²) >= 11 is 5.91. The van der Waals surface area contributed by atoms with Crippen molar-refractivity contribution in [3.63, 3.8) is 0 Å². The molecule has 1 N–H and O–H groups in total. The van der Waals surface area contributed by atoms with Gasteiger partial charge in [-0.3, -0.25) is 14.0 Å². The van der Waals surface area contributed by atoms with Crippen molar-refractivity contribution in [2.75, 3.05) is 5.32 Å². The lowest BCUT2D eigenvalue weighted by Crippen LogP contribution is -2.20. The molecule has 9 heteroatoms. The number of rotatable bonds is 5. The van der Waals surface area contributed by atoms with E-state index in [2.05, 4.69) is 10.3 Å². The lowest BCUT2D eigenvalue weighted by molar-refractivity contribution is -0.112. The number of fused-ring (bicyclic) bond motifs is 1. The van der Waals surface area contributed by atoms with Crippen molar-refractivity contribution in [2.24, 2.45) is 0 Å². The summed E-state index contributed by atoms with van der Waals surface area (Å²) in [6.07, 6.45) is 2.62. The van der Waals surface area contributed by atoms with Crippen molar-refractivity contribution < 1.29 is 13.9 Å². The third kappa shape index (κ3) is 4.89. The number of pyridine rings is 1. The standard InChI is InChI=1S/C24H14ClFN4O3/c25-16-4-10-19(11-5-16)33-23-20(24(32)30-12-2-1-3-21(30)29-23)13-15(14-27)22(31)28-18-8-6-17(26)7-9-18/h1-13H,(H,28,31)/b15-13-.